The highest BCUT2D eigenvalue weighted by Gasteiger charge is 2.09. The van der Waals surface area contributed by atoms with Crippen molar-refractivity contribution < 1.29 is 14.3 Å². The van der Waals surface area contributed by atoms with Gasteiger partial charge in [0.1, 0.15) is 12.4 Å². The summed E-state index contributed by atoms with van der Waals surface area (Å²) in [5.41, 5.74) is 1.68. The summed E-state index contributed by atoms with van der Waals surface area (Å²) in [7, 11) is 3.12. The molecule has 0 aliphatic carbocycles. The highest BCUT2D eigenvalue weighted by Crippen LogP contribution is 2.21. The maximum absolute atomic E-state index is 11.9. The number of halogens is 1. The van der Waals surface area contributed by atoms with E-state index >= 15 is 0 Å². The Morgan fingerprint density at radius 2 is 2.00 bits per heavy atom. The molecule has 0 aliphatic heterocycles. The Kier molecular flexibility index (Phi) is 6.17. The molecule has 2 aromatic carbocycles. The minimum Gasteiger partial charge on any atom is -0.496 e. The fraction of sp³-hybridized carbons (Fsp3) is 0.176. The molecule has 0 bridgehead atoms. The lowest BCUT2D eigenvalue weighted by atomic mass is 10.2. The van der Waals surface area contributed by atoms with Crippen molar-refractivity contribution in [3.63, 3.8) is 0 Å². The van der Waals surface area contributed by atoms with Gasteiger partial charge in [-0.3, -0.25) is 0 Å². The van der Waals surface area contributed by atoms with Gasteiger partial charge in [-0.2, -0.15) is 5.10 Å². The van der Waals surface area contributed by atoms with Crippen LogP contribution < -0.4 is 4.74 Å². The number of rotatable bonds is 5. The largest absolute Gasteiger partial charge is 0.496 e. The van der Waals surface area contributed by atoms with Crippen LogP contribution in [0.1, 0.15) is 11.1 Å². The average molecular weight is 377 g/mol. The molecular weight excluding hydrogens is 360 g/mol. The number of carbonyl (C=O) groups is 1. The lowest BCUT2D eigenvalue weighted by Crippen LogP contribution is -2.22. The first kappa shape index (κ1) is 17.0. The molecule has 2 rings (SSSR count). The smallest absolute Gasteiger partial charge is 0.430 e. The molecule has 0 unspecified atom stereocenters. The number of hydrazone groups is 1. The van der Waals surface area contributed by atoms with Gasteiger partial charge in [0, 0.05) is 17.1 Å². The Labute approximate surface area is 143 Å². The standard InChI is InChI=1S/C17H17BrN2O3/c1-20(17(21)23-12-13-6-4-3-5-7-13)19-11-14-10-15(18)8-9-16(14)22-2/h3-11H,12H2,1-2H3/b19-11-. The SMILES string of the molecule is COc1ccc(Br)cc1/C=N\N(C)C(=O)OCc1ccccc1. The molecule has 23 heavy (non-hydrogen) atoms. The van der Waals surface area contributed by atoms with Gasteiger partial charge in [0.25, 0.3) is 0 Å². The summed E-state index contributed by atoms with van der Waals surface area (Å²) >= 11 is 3.39. The minimum absolute atomic E-state index is 0.208. The summed E-state index contributed by atoms with van der Waals surface area (Å²) in [6.45, 7) is 0.208. The van der Waals surface area contributed by atoms with E-state index in [2.05, 4.69) is 21.0 Å². The zero-order valence-electron chi connectivity index (χ0n) is 12.9. The van der Waals surface area contributed by atoms with Gasteiger partial charge in [0.15, 0.2) is 0 Å². The monoisotopic (exact) mass is 376 g/mol. The van der Waals surface area contributed by atoms with Crippen molar-refractivity contribution in [2.24, 2.45) is 5.10 Å². The number of nitrogens with zero attached hydrogens (tertiary/aromatic N) is 2. The van der Waals surface area contributed by atoms with Crippen molar-refractivity contribution >= 4 is 28.2 Å². The van der Waals surface area contributed by atoms with E-state index in [1.165, 1.54) is 7.05 Å². The number of hydrogen-bond acceptors (Lipinski definition) is 4. The van der Waals surface area contributed by atoms with Crippen LogP contribution in [0, 0.1) is 0 Å². The summed E-state index contributed by atoms with van der Waals surface area (Å²) < 4.78 is 11.3. The van der Waals surface area contributed by atoms with Gasteiger partial charge in [-0.15, -0.1) is 0 Å². The van der Waals surface area contributed by atoms with E-state index in [4.69, 9.17) is 9.47 Å². The first-order chi connectivity index (χ1) is 11.1. The Bertz CT molecular complexity index is 689. The van der Waals surface area contributed by atoms with Crippen LogP contribution in [0.3, 0.4) is 0 Å². The molecule has 6 heteroatoms. The first-order valence-electron chi connectivity index (χ1n) is 6.92. The van der Waals surface area contributed by atoms with Gasteiger partial charge in [0.05, 0.1) is 13.3 Å². The molecule has 0 heterocycles. The zero-order valence-corrected chi connectivity index (χ0v) is 14.5. The van der Waals surface area contributed by atoms with E-state index in [1.807, 2.05) is 48.5 Å². The molecule has 0 saturated heterocycles. The number of hydrogen-bond donors (Lipinski definition) is 0. The van der Waals surface area contributed by atoms with E-state index in [0.717, 1.165) is 20.6 Å². The van der Waals surface area contributed by atoms with Gasteiger partial charge in [-0.25, -0.2) is 9.80 Å². The van der Waals surface area contributed by atoms with E-state index in [0.29, 0.717) is 5.75 Å². The quantitative estimate of drug-likeness (QED) is 0.583. The third kappa shape index (κ3) is 5.10. The maximum atomic E-state index is 11.9. The maximum Gasteiger partial charge on any atom is 0.430 e. The highest BCUT2D eigenvalue weighted by molar-refractivity contribution is 9.10. The molecule has 0 N–H and O–H groups in total. The Hall–Kier alpha value is -2.34. The van der Waals surface area contributed by atoms with E-state index in [1.54, 1.807) is 13.3 Å². The lowest BCUT2D eigenvalue weighted by Gasteiger charge is -2.12. The second-order valence-corrected chi connectivity index (χ2v) is 5.61. The van der Waals surface area contributed by atoms with E-state index in [-0.39, 0.29) is 6.61 Å². The fourth-order valence-electron chi connectivity index (χ4n) is 1.81. The van der Waals surface area contributed by atoms with Crippen molar-refractivity contribution in [3.05, 3.63) is 64.1 Å². The van der Waals surface area contributed by atoms with Crippen LogP contribution in [0.25, 0.3) is 0 Å². The molecule has 0 spiro atoms. The Morgan fingerprint density at radius 1 is 1.26 bits per heavy atom. The number of benzene rings is 2. The van der Waals surface area contributed by atoms with Crippen molar-refractivity contribution in [1.82, 2.24) is 5.01 Å². The minimum atomic E-state index is -0.529. The molecule has 2 aromatic rings. The van der Waals surface area contributed by atoms with Gasteiger partial charge in [-0.1, -0.05) is 46.3 Å². The van der Waals surface area contributed by atoms with Crippen molar-refractivity contribution in [3.8, 4) is 5.75 Å². The second-order valence-electron chi connectivity index (χ2n) is 4.69. The molecule has 5 nitrogen and oxygen atoms in total. The number of methoxy groups -OCH3 is 1. The molecule has 1 amide bonds. The summed E-state index contributed by atoms with van der Waals surface area (Å²) in [5.74, 6) is 0.669. The number of ether oxygens (including phenoxy) is 2. The van der Waals surface area contributed by atoms with Crippen molar-refractivity contribution in [1.29, 1.82) is 0 Å². The lowest BCUT2D eigenvalue weighted by molar-refractivity contribution is 0.106. The van der Waals surface area contributed by atoms with Crippen molar-refractivity contribution in [2.75, 3.05) is 14.2 Å². The molecule has 120 valence electrons. The van der Waals surface area contributed by atoms with Crippen LogP contribution in [0.15, 0.2) is 58.1 Å². The normalized spacial score (nSPS) is 10.6. The Morgan fingerprint density at radius 3 is 2.70 bits per heavy atom. The van der Waals surface area contributed by atoms with Gasteiger partial charge < -0.3 is 9.47 Å². The average Bonchev–Trinajstić information content (AvgIpc) is 2.58. The summed E-state index contributed by atoms with van der Waals surface area (Å²) in [6.07, 6.45) is 1.02. The van der Waals surface area contributed by atoms with Crippen molar-refractivity contribution in [2.45, 2.75) is 6.61 Å². The fourth-order valence-corrected chi connectivity index (χ4v) is 2.19. The van der Waals surface area contributed by atoms with Crippen LogP contribution in [0.2, 0.25) is 0 Å². The Balaban J connectivity index is 1.96. The molecule has 0 atom stereocenters. The highest BCUT2D eigenvalue weighted by atomic mass is 79.9. The summed E-state index contributed by atoms with van der Waals surface area (Å²) in [5, 5.41) is 5.23. The topological polar surface area (TPSA) is 51.1 Å². The van der Waals surface area contributed by atoms with Crippen LogP contribution >= 0.6 is 15.9 Å². The van der Waals surface area contributed by atoms with E-state index in [9.17, 15) is 4.79 Å². The van der Waals surface area contributed by atoms with Gasteiger partial charge in [0.2, 0.25) is 0 Å². The molecular formula is C17H17BrN2O3. The first-order valence-corrected chi connectivity index (χ1v) is 7.71. The molecule has 0 radical (unpaired) electrons. The van der Waals surface area contributed by atoms with Crippen LogP contribution in [-0.4, -0.2) is 31.5 Å². The molecule has 0 fully saturated rings. The third-order valence-electron chi connectivity index (χ3n) is 3.03. The molecule has 0 aromatic heterocycles. The predicted octanol–water partition coefficient (Wildman–Crippen LogP) is 4.06. The van der Waals surface area contributed by atoms with Crippen LogP contribution in [0.5, 0.6) is 5.75 Å². The second kappa shape index (κ2) is 8.33. The number of amides is 1. The van der Waals surface area contributed by atoms with Crippen LogP contribution in [0.4, 0.5) is 4.79 Å². The zero-order chi connectivity index (χ0) is 16.7. The van der Waals surface area contributed by atoms with Gasteiger partial charge in [-0.05, 0) is 23.8 Å². The summed E-state index contributed by atoms with van der Waals surface area (Å²) in [6, 6.07) is 15.0. The predicted molar refractivity (Wildman–Crippen MR) is 92.7 cm³/mol. The van der Waals surface area contributed by atoms with Gasteiger partial charge >= 0.3 is 6.09 Å². The molecule has 0 aliphatic rings. The third-order valence-corrected chi connectivity index (χ3v) is 3.52. The summed E-state index contributed by atoms with van der Waals surface area (Å²) in [4.78, 5) is 11.9. The van der Waals surface area contributed by atoms with Crippen LogP contribution in [-0.2, 0) is 11.3 Å². The molecule has 0 saturated carbocycles. The van der Waals surface area contributed by atoms with E-state index < -0.39 is 6.09 Å². The number of carbonyl (C=O) groups excluding carboxylic acids is 1.